The first-order chi connectivity index (χ1) is 13.5. The zero-order valence-electron chi connectivity index (χ0n) is 14.5. The molecule has 1 amide bonds. The van der Waals surface area contributed by atoms with Crippen molar-refractivity contribution in [1.82, 2.24) is 15.2 Å². The quantitative estimate of drug-likeness (QED) is 0.339. The second-order valence-electron chi connectivity index (χ2n) is 5.45. The number of aromatic nitrogens is 3. The molecule has 0 atom stereocenters. The van der Waals surface area contributed by atoms with Crippen LogP contribution in [0.1, 0.15) is 0 Å². The first-order valence-corrected chi connectivity index (χ1v) is 9.26. The number of nitrogens with one attached hydrogen (secondary N) is 2. The number of ether oxygens (including phenoxy) is 1. The molecule has 0 unspecified atom stereocenters. The Labute approximate surface area is 168 Å². The smallest absolute Gasteiger partial charge is 0.296 e. The van der Waals surface area contributed by atoms with Crippen molar-refractivity contribution in [2.45, 2.75) is 5.16 Å². The number of thioether (sulfide) groups is 1. The molecule has 3 rings (SSSR count). The van der Waals surface area contributed by atoms with E-state index in [2.05, 4.69) is 20.5 Å². The molecule has 1 aromatic heterocycles. The van der Waals surface area contributed by atoms with Crippen LogP contribution in [0.4, 0.5) is 11.4 Å². The first-order valence-electron chi connectivity index (χ1n) is 7.89. The second-order valence-corrected chi connectivity index (χ2v) is 6.83. The van der Waals surface area contributed by atoms with Gasteiger partial charge in [0.05, 0.1) is 23.9 Å². The lowest BCUT2D eigenvalue weighted by Gasteiger charge is -2.06. The number of hydrogen-bond acceptors (Lipinski definition) is 7. The summed E-state index contributed by atoms with van der Waals surface area (Å²) in [6, 6.07) is 11.3. The summed E-state index contributed by atoms with van der Waals surface area (Å²) in [5.74, 6) is 0.442. The maximum absolute atomic E-state index is 12.2. The third kappa shape index (κ3) is 4.78. The van der Waals surface area contributed by atoms with Crippen LogP contribution in [0.15, 0.2) is 47.6 Å². The molecule has 0 aliphatic rings. The molecule has 0 fully saturated rings. The Bertz CT molecular complexity index is 1010. The van der Waals surface area contributed by atoms with Crippen LogP contribution >= 0.6 is 23.4 Å². The van der Waals surface area contributed by atoms with Gasteiger partial charge in [-0.3, -0.25) is 20.0 Å². The summed E-state index contributed by atoms with van der Waals surface area (Å²) in [6.45, 7) is 0. The van der Waals surface area contributed by atoms with Crippen LogP contribution in [0.25, 0.3) is 11.4 Å². The van der Waals surface area contributed by atoms with Gasteiger partial charge in [-0.05, 0) is 36.4 Å². The topological polar surface area (TPSA) is 123 Å². The van der Waals surface area contributed by atoms with E-state index in [0.717, 1.165) is 17.3 Å². The van der Waals surface area contributed by atoms with E-state index in [0.29, 0.717) is 21.8 Å². The number of hydrogen-bond donors (Lipinski definition) is 2. The average Bonchev–Trinajstić information content (AvgIpc) is 3.16. The Morgan fingerprint density at radius 1 is 1.32 bits per heavy atom. The van der Waals surface area contributed by atoms with Gasteiger partial charge in [0.15, 0.2) is 5.82 Å². The molecule has 0 aliphatic heterocycles. The van der Waals surface area contributed by atoms with Gasteiger partial charge < -0.3 is 10.1 Å². The number of nitro groups is 1. The Kier molecular flexibility index (Phi) is 6.12. The molecule has 0 radical (unpaired) electrons. The third-order valence-electron chi connectivity index (χ3n) is 3.59. The number of rotatable bonds is 7. The minimum atomic E-state index is -0.584. The number of carbonyl (C=O) groups excluding carboxylic acids is 1. The van der Waals surface area contributed by atoms with E-state index in [9.17, 15) is 14.9 Å². The monoisotopic (exact) mass is 419 g/mol. The summed E-state index contributed by atoms with van der Waals surface area (Å²) in [6.07, 6.45) is 0. The molecule has 2 N–H and O–H groups in total. The predicted molar refractivity (Wildman–Crippen MR) is 106 cm³/mol. The fourth-order valence-corrected chi connectivity index (χ4v) is 2.98. The van der Waals surface area contributed by atoms with Gasteiger partial charge in [0, 0.05) is 10.6 Å². The second kappa shape index (κ2) is 8.72. The molecule has 11 heteroatoms. The highest BCUT2D eigenvalue weighted by molar-refractivity contribution is 7.99. The van der Waals surface area contributed by atoms with E-state index < -0.39 is 10.8 Å². The van der Waals surface area contributed by atoms with Crippen molar-refractivity contribution in [2.24, 2.45) is 0 Å². The van der Waals surface area contributed by atoms with Crippen molar-refractivity contribution in [3.05, 3.63) is 57.6 Å². The number of H-pyrrole nitrogens is 1. The summed E-state index contributed by atoms with van der Waals surface area (Å²) < 4.78 is 4.97. The predicted octanol–water partition coefficient (Wildman–Crippen LogP) is 3.77. The Morgan fingerprint density at radius 2 is 2.07 bits per heavy atom. The number of benzene rings is 2. The fourth-order valence-electron chi connectivity index (χ4n) is 2.26. The van der Waals surface area contributed by atoms with E-state index in [1.165, 1.54) is 25.3 Å². The van der Waals surface area contributed by atoms with E-state index in [1.54, 1.807) is 24.3 Å². The summed E-state index contributed by atoms with van der Waals surface area (Å²) in [5, 5.41) is 21.5. The molecule has 0 aliphatic carbocycles. The van der Waals surface area contributed by atoms with Crippen molar-refractivity contribution in [3.8, 4) is 17.1 Å². The van der Waals surface area contributed by atoms with Gasteiger partial charge in [-0.2, -0.15) is 0 Å². The highest BCUT2D eigenvalue weighted by atomic mass is 35.5. The van der Waals surface area contributed by atoms with E-state index in [4.69, 9.17) is 16.3 Å². The van der Waals surface area contributed by atoms with Gasteiger partial charge in [-0.1, -0.05) is 23.4 Å². The van der Waals surface area contributed by atoms with Crippen LogP contribution in [0, 0.1) is 10.1 Å². The van der Waals surface area contributed by atoms with Crippen molar-refractivity contribution >= 4 is 40.6 Å². The minimum Gasteiger partial charge on any atom is -0.496 e. The van der Waals surface area contributed by atoms with Crippen LogP contribution in [-0.2, 0) is 4.79 Å². The average molecular weight is 420 g/mol. The minimum absolute atomic E-state index is 0.0128. The number of nitro benzene ring substituents is 1. The maximum Gasteiger partial charge on any atom is 0.296 e. The molecule has 9 nitrogen and oxygen atoms in total. The van der Waals surface area contributed by atoms with Crippen LogP contribution < -0.4 is 10.1 Å². The van der Waals surface area contributed by atoms with E-state index in [1.807, 2.05) is 0 Å². The van der Waals surface area contributed by atoms with Gasteiger partial charge in [0.2, 0.25) is 11.1 Å². The number of carbonyl (C=O) groups is 1. The molecule has 0 saturated heterocycles. The Morgan fingerprint density at radius 3 is 2.75 bits per heavy atom. The normalized spacial score (nSPS) is 10.5. The van der Waals surface area contributed by atoms with Crippen molar-refractivity contribution < 1.29 is 14.5 Å². The SMILES string of the molecule is COc1ccc(NC(=O)CSc2n[nH]c(-c3ccc(Cl)cc3)n2)c([N+](=O)[O-])c1. The molecule has 144 valence electrons. The van der Waals surface area contributed by atoms with E-state index >= 15 is 0 Å². The van der Waals surface area contributed by atoms with E-state index in [-0.39, 0.29) is 17.1 Å². The molecule has 1 heterocycles. The largest absolute Gasteiger partial charge is 0.496 e. The molecule has 0 bridgehead atoms. The third-order valence-corrected chi connectivity index (χ3v) is 4.69. The van der Waals surface area contributed by atoms with Crippen LogP contribution in [0.5, 0.6) is 5.75 Å². The van der Waals surface area contributed by atoms with Crippen molar-refractivity contribution in [3.63, 3.8) is 0 Å². The summed E-state index contributed by atoms with van der Waals surface area (Å²) in [4.78, 5) is 27.1. The lowest BCUT2D eigenvalue weighted by atomic mass is 10.2. The van der Waals surface area contributed by atoms with Crippen molar-refractivity contribution in [1.29, 1.82) is 0 Å². The zero-order chi connectivity index (χ0) is 20.1. The summed E-state index contributed by atoms with van der Waals surface area (Å²) in [7, 11) is 1.41. The zero-order valence-corrected chi connectivity index (χ0v) is 16.1. The van der Waals surface area contributed by atoms with Gasteiger partial charge in [-0.15, -0.1) is 5.10 Å². The molecular formula is C17H14ClN5O4S. The maximum atomic E-state index is 12.2. The Balaban J connectivity index is 1.62. The van der Waals surface area contributed by atoms with Gasteiger partial charge >= 0.3 is 0 Å². The first kappa shape index (κ1) is 19.6. The lowest BCUT2D eigenvalue weighted by molar-refractivity contribution is -0.384. The number of amides is 1. The number of aromatic amines is 1. The Hall–Kier alpha value is -3.11. The van der Waals surface area contributed by atoms with Crippen LogP contribution in [0.2, 0.25) is 5.02 Å². The number of halogens is 1. The van der Waals surface area contributed by atoms with Crippen LogP contribution in [-0.4, -0.2) is 38.9 Å². The number of nitrogens with zero attached hydrogens (tertiary/aromatic N) is 3. The van der Waals surface area contributed by atoms with Crippen LogP contribution in [0.3, 0.4) is 0 Å². The van der Waals surface area contributed by atoms with Crippen molar-refractivity contribution in [2.75, 3.05) is 18.2 Å². The molecule has 2 aromatic carbocycles. The van der Waals surface area contributed by atoms with Gasteiger partial charge in [-0.25, -0.2) is 4.98 Å². The summed E-state index contributed by atoms with van der Waals surface area (Å²) in [5.41, 5.74) is 0.649. The number of methoxy groups -OCH3 is 1. The highest BCUT2D eigenvalue weighted by Gasteiger charge is 2.18. The molecule has 3 aromatic rings. The standard InChI is InChI=1S/C17H14ClN5O4S/c1-27-12-6-7-13(14(8-12)23(25)26)19-15(24)9-28-17-20-16(21-22-17)10-2-4-11(18)5-3-10/h2-8H,9H2,1H3,(H,19,24)(H,20,21,22). The lowest BCUT2D eigenvalue weighted by Crippen LogP contribution is -2.15. The molecule has 0 spiro atoms. The van der Waals surface area contributed by atoms with Gasteiger partial charge in [0.25, 0.3) is 5.69 Å². The molecular weight excluding hydrogens is 406 g/mol. The highest BCUT2D eigenvalue weighted by Crippen LogP contribution is 2.29. The van der Waals surface area contributed by atoms with Gasteiger partial charge in [0.1, 0.15) is 11.4 Å². The number of anilines is 1. The summed E-state index contributed by atoms with van der Waals surface area (Å²) >= 11 is 6.96. The molecule has 0 saturated carbocycles. The fraction of sp³-hybridized carbons (Fsp3) is 0.118. The molecule has 28 heavy (non-hydrogen) atoms.